The number of hydrogen-bond acceptors (Lipinski definition) is 5. The number of nitrogens with one attached hydrogen (secondary N) is 1. The van der Waals surface area contributed by atoms with Gasteiger partial charge in [0, 0.05) is 36.4 Å². The highest BCUT2D eigenvalue weighted by Crippen LogP contribution is 2.45. The molecule has 4 aromatic rings. The van der Waals surface area contributed by atoms with Gasteiger partial charge in [-0.1, -0.05) is 30.3 Å². The monoisotopic (exact) mass is 575 g/mol. The van der Waals surface area contributed by atoms with E-state index in [9.17, 15) is 18.3 Å². The third-order valence-corrected chi connectivity index (χ3v) is 9.02. The van der Waals surface area contributed by atoms with Crippen LogP contribution in [-0.4, -0.2) is 50.4 Å². The molecule has 220 valence electrons. The normalized spacial score (nSPS) is 22.3. The van der Waals surface area contributed by atoms with Crippen LogP contribution in [0.25, 0.3) is 0 Å². The Labute approximate surface area is 244 Å². The van der Waals surface area contributed by atoms with Gasteiger partial charge in [-0.3, -0.25) is 4.90 Å². The molecule has 1 aromatic heterocycles. The molecular weight excluding hydrogens is 539 g/mol. The molecule has 2 aliphatic rings. The maximum Gasteiger partial charge on any atom is 0.137 e. The topological polar surface area (TPSA) is 66.2 Å². The van der Waals surface area contributed by atoms with Crippen molar-refractivity contribution in [2.24, 2.45) is 5.41 Å². The fourth-order valence-corrected chi connectivity index (χ4v) is 6.78. The minimum atomic E-state index is -1.58. The Morgan fingerprint density at radius 1 is 0.881 bits per heavy atom. The number of likely N-dealkylation sites (tertiary alicyclic amines) is 1. The predicted octanol–water partition coefficient (Wildman–Crippen LogP) is 5.92. The first-order valence-electron chi connectivity index (χ1n) is 14.6. The highest BCUT2D eigenvalue weighted by atomic mass is 19.1. The highest BCUT2D eigenvalue weighted by molar-refractivity contribution is 5.46. The molecule has 0 radical (unpaired) electrons. The van der Waals surface area contributed by atoms with Crippen LogP contribution < -0.4 is 5.32 Å². The summed E-state index contributed by atoms with van der Waals surface area (Å²) >= 11 is 0. The van der Waals surface area contributed by atoms with Crippen molar-refractivity contribution in [3.05, 3.63) is 114 Å². The Balaban J connectivity index is 1.05. The van der Waals surface area contributed by atoms with Crippen LogP contribution in [0.2, 0.25) is 0 Å². The van der Waals surface area contributed by atoms with E-state index in [0.29, 0.717) is 6.04 Å². The summed E-state index contributed by atoms with van der Waals surface area (Å²) in [5.74, 6) is -1.66. The van der Waals surface area contributed by atoms with Crippen molar-refractivity contribution in [1.82, 2.24) is 19.7 Å². The zero-order valence-corrected chi connectivity index (χ0v) is 23.5. The van der Waals surface area contributed by atoms with Crippen molar-refractivity contribution in [3.63, 3.8) is 0 Å². The molecule has 2 N–H and O–H groups in total. The molecule has 6 nitrogen and oxygen atoms in total. The molecule has 2 fully saturated rings. The van der Waals surface area contributed by atoms with Gasteiger partial charge in [0.1, 0.15) is 35.7 Å². The lowest BCUT2D eigenvalue weighted by atomic mass is 9.72. The van der Waals surface area contributed by atoms with Gasteiger partial charge >= 0.3 is 0 Å². The Hall–Kier alpha value is -3.69. The fraction of sp³-hybridized carbons (Fsp3) is 0.394. The number of aliphatic hydroxyl groups is 1. The first kappa shape index (κ1) is 28.4. The summed E-state index contributed by atoms with van der Waals surface area (Å²) in [6.07, 6.45) is 8.94. The van der Waals surface area contributed by atoms with Crippen LogP contribution in [-0.2, 0) is 18.6 Å². The Kier molecular flexibility index (Phi) is 8.05. The zero-order chi connectivity index (χ0) is 29.2. The number of β-amino-alcohol motifs (C(OH)–C–C–N with tert-alkyl or cyclic N) is 1. The van der Waals surface area contributed by atoms with Crippen molar-refractivity contribution in [3.8, 4) is 0 Å². The molecule has 1 aliphatic carbocycles. The number of rotatable bonds is 9. The van der Waals surface area contributed by atoms with Crippen molar-refractivity contribution >= 4 is 5.69 Å². The van der Waals surface area contributed by atoms with E-state index in [-0.39, 0.29) is 29.9 Å². The van der Waals surface area contributed by atoms with Gasteiger partial charge in [-0.05, 0) is 91.9 Å². The molecule has 1 unspecified atom stereocenters. The number of nitrogens with zero attached hydrogens (tertiary/aromatic N) is 4. The SMILES string of the molecule is OC(CN1CCC2(CCC(Nc3ccc(Cc4ccc(F)cc4)cc3)CC2)C1)(Cn1cncn1)c1ccc(F)cc1F. The smallest absolute Gasteiger partial charge is 0.137 e. The van der Waals surface area contributed by atoms with Crippen LogP contribution in [0.3, 0.4) is 0 Å². The molecular formula is C33H36F3N5O. The number of hydrogen-bond donors (Lipinski definition) is 2. The summed E-state index contributed by atoms with van der Waals surface area (Å²) in [4.78, 5) is 6.17. The number of aromatic nitrogens is 3. The van der Waals surface area contributed by atoms with Gasteiger partial charge in [0.2, 0.25) is 0 Å². The molecule has 0 bridgehead atoms. The minimum Gasteiger partial charge on any atom is -0.382 e. The summed E-state index contributed by atoms with van der Waals surface area (Å²) in [5.41, 5.74) is 2.03. The van der Waals surface area contributed by atoms with E-state index < -0.39 is 17.2 Å². The molecule has 3 aromatic carbocycles. The van der Waals surface area contributed by atoms with Gasteiger partial charge in [-0.15, -0.1) is 0 Å². The average molecular weight is 576 g/mol. The van der Waals surface area contributed by atoms with Crippen molar-refractivity contribution in [2.75, 3.05) is 25.0 Å². The zero-order valence-electron chi connectivity index (χ0n) is 23.5. The van der Waals surface area contributed by atoms with E-state index in [1.54, 1.807) is 0 Å². The lowest BCUT2D eigenvalue weighted by molar-refractivity contribution is -0.0196. The van der Waals surface area contributed by atoms with E-state index in [2.05, 4.69) is 44.6 Å². The first-order chi connectivity index (χ1) is 20.3. The van der Waals surface area contributed by atoms with Gasteiger partial charge in [0.15, 0.2) is 0 Å². The van der Waals surface area contributed by atoms with Gasteiger partial charge in [-0.25, -0.2) is 22.8 Å². The molecule has 1 aliphatic heterocycles. The van der Waals surface area contributed by atoms with E-state index in [1.807, 2.05) is 12.1 Å². The number of halogens is 3. The fourth-order valence-electron chi connectivity index (χ4n) is 6.78. The summed E-state index contributed by atoms with van der Waals surface area (Å²) in [5, 5.41) is 19.6. The van der Waals surface area contributed by atoms with Crippen LogP contribution >= 0.6 is 0 Å². The highest BCUT2D eigenvalue weighted by Gasteiger charge is 2.44. The summed E-state index contributed by atoms with van der Waals surface area (Å²) in [7, 11) is 0. The van der Waals surface area contributed by atoms with Crippen molar-refractivity contribution < 1.29 is 18.3 Å². The van der Waals surface area contributed by atoms with Crippen LogP contribution in [0.5, 0.6) is 0 Å². The lowest BCUT2D eigenvalue weighted by Gasteiger charge is -2.39. The van der Waals surface area contributed by atoms with Crippen LogP contribution in [0, 0.1) is 22.9 Å². The molecule has 42 heavy (non-hydrogen) atoms. The van der Waals surface area contributed by atoms with E-state index in [1.165, 1.54) is 47.2 Å². The Bertz CT molecular complexity index is 1470. The van der Waals surface area contributed by atoms with E-state index in [0.717, 1.165) is 68.9 Å². The maximum atomic E-state index is 14.9. The number of benzene rings is 3. The summed E-state index contributed by atoms with van der Waals surface area (Å²) < 4.78 is 43.2. The summed E-state index contributed by atoms with van der Waals surface area (Å²) in [6.45, 7) is 1.90. The third-order valence-electron chi connectivity index (χ3n) is 9.02. The second kappa shape index (κ2) is 11.9. The first-order valence-corrected chi connectivity index (χ1v) is 14.6. The second-order valence-corrected chi connectivity index (χ2v) is 12.1. The second-order valence-electron chi connectivity index (χ2n) is 12.1. The average Bonchev–Trinajstić information content (AvgIpc) is 3.62. The van der Waals surface area contributed by atoms with Gasteiger partial charge in [0.05, 0.1) is 6.54 Å². The molecule has 0 amide bonds. The molecule has 2 heterocycles. The standard InChI is InChI=1S/C33H36F3N5O/c34-26-5-1-24(2-6-26)17-25-3-8-28(9-4-25)39-29-11-13-32(14-12-29)15-16-40(19-32)20-33(42,21-41-23-37-22-38-41)30-10-7-27(35)18-31(30)36/h1-10,18,22-23,29,39,42H,11-17,19-21H2. The molecule has 1 spiro atoms. The molecule has 1 saturated carbocycles. The minimum absolute atomic E-state index is 0.0216. The summed E-state index contributed by atoms with van der Waals surface area (Å²) in [6, 6.07) is 18.8. The quantitative estimate of drug-likeness (QED) is 0.259. The third kappa shape index (κ3) is 6.52. The van der Waals surface area contributed by atoms with E-state index >= 15 is 0 Å². The maximum absolute atomic E-state index is 14.9. The van der Waals surface area contributed by atoms with Crippen LogP contribution in [0.4, 0.5) is 18.9 Å². The van der Waals surface area contributed by atoms with Gasteiger partial charge in [-0.2, -0.15) is 5.10 Å². The predicted molar refractivity (Wildman–Crippen MR) is 155 cm³/mol. The lowest BCUT2D eigenvalue weighted by Crippen LogP contribution is -2.45. The Morgan fingerprint density at radius 3 is 2.24 bits per heavy atom. The van der Waals surface area contributed by atoms with Crippen LogP contribution in [0.15, 0.2) is 79.4 Å². The van der Waals surface area contributed by atoms with Crippen molar-refractivity contribution in [1.29, 1.82) is 0 Å². The molecule has 1 saturated heterocycles. The molecule has 9 heteroatoms. The van der Waals surface area contributed by atoms with E-state index in [4.69, 9.17) is 0 Å². The molecule has 1 atom stereocenters. The van der Waals surface area contributed by atoms with Crippen molar-refractivity contribution in [2.45, 2.75) is 56.7 Å². The van der Waals surface area contributed by atoms with Gasteiger partial charge in [0.25, 0.3) is 0 Å². The Morgan fingerprint density at radius 2 is 1.57 bits per heavy atom. The molecule has 6 rings (SSSR count). The largest absolute Gasteiger partial charge is 0.382 e. The van der Waals surface area contributed by atoms with Gasteiger partial charge < -0.3 is 10.4 Å². The van der Waals surface area contributed by atoms with Crippen LogP contribution in [0.1, 0.15) is 48.8 Å². The number of anilines is 1.